The summed E-state index contributed by atoms with van der Waals surface area (Å²) in [7, 11) is 0. The third kappa shape index (κ3) is 1.86. The summed E-state index contributed by atoms with van der Waals surface area (Å²) in [5.41, 5.74) is 1.27. The lowest BCUT2D eigenvalue weighted by molar-refractivity contribution is -0.120. The Morgan fingerprint density at radius 1 is 1.35 bits per heavy atom. The fourth-order valence-electron chi connectivity index (χ4n) is 1.97. The number of rotatable bonds is 3. The predicted octanol–water partition coefficient (Wildman–Crippen LogP) is 1.38. The molecule has 0 spiro atoms. The Balaban J connectivity index is 2.09. The van der Waals surface area contributed by atoms with Crippen LogP contribution in [0.5, 0.6) is 0 Å². The molecule has 0 atom stereocenters. The van der Waals surface area contributed by atoms with Crippen molar-refractivity contribution in [3.8, 4) is 0 Å². The van der Waals surface area contributed by atoms with E-state index in [-0.39, 0.29) is 23.8 Å². The summed E-state index contributed by atoms with van der Waals surface area (Å²) in [5.74, 6) is 0.331. The average molecular weight is 228 g/mol. The van der Waals surface area contributed by atoms with Crippen molar-refractivity contribution in [3.63, 3.8) is 0 Å². The standard InChI is InChI=1S/C13H12N2O2/c16-12(9-5-6-9)8-15-11-4-2-1-3-10(11)14-7-13(15)17/h1-4,7,9H,5-6,8H2. The molecule has 1 aliphatic carbocycles. The fourth-order valence-corrected chi connectivity index (χ4v) is 1.97. The minimum Gasteiger partial charge on any atom is -0.298 e. The van der Waals surface area contributed by atoms with E-state index in [0.717, 1.165) is 23.9 Å². The molecule has 1 heterocycles. The van der Waals surface area contributed by atoms with Crippen molar-refractivity contribution >= 4 is 16.8 Å². The highest BCUT2D eigenvalue weighted by atomic mass is 16.1. The molecule has 0 aliphatic heterocycles. The molecule has 4 nitrogen and oxygen atoms in total. The number of aromatic nitrogens is 2. The first kappa shape index (κ1) is 10.2. The normalized spacial score (nSPS) is 15.1. The Hall–Kier alpha value is -1.97. The zero-order valence-electron chi connectivity index (χ0n) is 9.30. The molecule has 0 radical (unpaired) electrons. The molecule has 86 valence electrons. The van der Waals surface area contributed by atoms with Gasteiger partial charge in [0.15, 0.2) is 5.78 Å². The van der Waals surface area contributed by atoms with E-state index in [1.807, 2.05) is 24.3 Å². The minimum absolute atomic E-state index is 0.156. The highest BCUT2D eigenvalue weighted by Gasteiger charge is 2.29. The molecule has 4 heteroatoms. The maximum absolute atomic E-state index is 11.8. The fraction of sp³-hybridized carbons (Fsp3) is 0.308. The van der Waals surface area contributed by atoms with Crippen molar-refractivity contribution in [1.82, 2.24) is 9.55 Å². The molecule has 1 saturated carbocycles. The van der Waals surface area contributed by atoms with Crippen LogP contribution in [0.25, 0.3) is 11.0 Å². The number of Topliss-reactive ketones (excluding diaryl/α,β-unsaturated/α-hetero) is 1. The zero-order valence-corrected chi connectivity index (χ0v) is 9.30. The largest absolute Gasteiger partial charge is 0.298 e. The molecule has 0 saturated heterocycles. The van der Waals surface area contributed by atoms with Gasteiger partial charge in [-0.3, -0.25) is 14.2 Å². The van der Waals surface area contributed by atoms with Gasteiger partial charge in [0.25, 0.3) is 5.56 Å². The van der Waals surface area contributed by atoms with Gasteiger partial charge >= 0.3 is 0 Å². The summed E-state index contributed by atoms with van der Waals surface area (Å²) in [6.45, 7) is 0.173. The third-order valence-electron chi connectivity index (χ3n) is 3.10. The van der Waals surface area contributed by atoms with Crippen LogP contribution in [0.15, 0.2) is 35.3 Å². The van der Waals surface area contributed by atoms with E-state index in [1.54, 1.807) is 0 Å². The van der Waals surface area contributed by atoms with Crippen molar-refractivity contribution in [1.29, 1.82) is 0 Å². The van der Waals surface area contributed by atoms with Crippen LogP contribution in [0.2, 0.25) is 0 Å². The van der Waals surface area contributed by atoms with Gasteiger partial charge < -0.3 is 0 Å². The second-order valence-electron chi connectivity index (χ2n) is 4.41. The summed E-state index contributed by atoms with van der Waals surface area (Å²) in [5, 5.41) is 0. The molecule has 1 aromatic heterocycles. The van der Waals surface area contributed by atoms with E-state index in [2.05, 4.69) is 4.98 Å². The first-order valence-corrected chi connectivity index (χ1v) is 5.73. The molecule has 17 heavy (non-hydrogen) atoms. The number of fused-ring (bicyclic) bond motifs is 1. The first-order chi connectivity index (χ1) is 8.25. The lowest BCUT2D eigenvalue weighted by Gasteiger charge is -2.07. The number of hydrogen-bond acceptors (Lipinski definition) is 3. The second kappa shape index (κ2) is 3.80. The molecule has 1 aromatic carbocycles. The van der Waals surface area contributed by atoms with E-state index in [1.165, 1.54) is 10.8 Å². The highest BCUT2D eigenvalue weighted by Crippen LogP contribution is 2.30. The van der Waals surface area contributed by atoms with Crippen LogP contribution in [-0.2, 0) is 11.3 Å². The van der Waals surface area contributed by atoms with Crippen molar-refractivity contribution < 1.29 is 4.79 Å². The van der Waals surface area contributed by atoms with Gasteiger partial charge in [-0.2, -0.15) is 0 Å². The van der Waals surface area contributed by atoms with Gasteiger partial charge in [-0.25, -0.2) is 4.98 Å². The summed E-state index contributed by atoms with van der Waals surface area (Å²) in [6, 6.07) is 7.38. The van der Waals surface area contributed by atoms with Crippen LogP contribution < -0.4 is 5.56 Å². The molecule has 0 unspecified atom stereocenters. The molecule has 1 fully saturated rings. The maximum atomic E-state index is 11.8. The number of nitrogens with zero attached hydrogens (tertiary/aromatic N) is 2. The monoisotopic (exact) mass is 228 g/mol. The number of hydrogen-bond donors (Lipinski definition) is 0. The lowest BCUT2D eigenvalue weighted by atomic mass is 10.2. The highest BCUT2D eigenvalue weighted by molar-refractivity contribution is 5.84. The van der Waals surface area contributed by atoms with Gasteiger partial charge in [-0.05, 0) is 25.0 Å². The molecule has 0 bridgehead atoms. The van der Waals surface area contributed by atoms with Crippen LogP contribution in [0.1, 0.15) is 12.8 Å². The summed E-state index contributed by atoms with van der Waals surface area (Å²) in [6.07, 6.45) is 3.22. The van der Waals surface area contributed by atoms with E-state index < -0.39 is 0 Å². The van der Waals surface area contributed by atoms with Gasteiger partial charge in [0.1, 0.15) is 0 Å². The Kier molecular flexibility index (Phi) is 2.28. The Morgan fingerprint density at radius 2 is 2.12 bits per heavy atom. The summed E-state index contributed by atoms with van der Waals surface area (Å²) >= 11 is 0. The van der Waals surface area contributed by atoms with Crippen molar-refractivity contribution in [2.45, 2.75) is 19.4 Å². The minimum atomic E-state index is -0.210. The van der Waals surface area contributed by atoms with Crippen LogP contribution in [0, 0.1) is 5.92 Å². The first-order valence-electron chi connectivity index (χ1n) is 5.73. The smallest absolute Gasteiger partial charge is 0.269 e. The predicted molar refractivity (Wildman–Crippen MR) is 63.7 cm³/mol. The molecule has 2 aromatic rings. The average Bonchev–Trinajstić information content (AvgIpc) is 3.17. The zero-order chi connectivity index (χ0) is 11.8. The molecule has 0 amide bonds. The van der Waals surface area contributed by atoms with Gasteiger partial charge in [-0.15, -0.1) is 0 Å². The Bertz CT molecular complexity index is 641. The molecular formula is C13H12N2O2. The SMILES string of the molecule is O=C(Cn1c(=O)cnc2ccccc21)C1CC1. The Morgan fingerprint density at radius 3 is 2.88 bits per heavy atom. The van der Waals surface area contributed by atoms with Crippen LogP contribution >= 0.6 is 0 Å². The van der Waals surface area contributed by atoms with Gasteiger partial charge in [0.05, 0.1) is 23.8 Å². The molecule has 0 N–H and O–H groups in total. The van der Waals surface area contributed by atoms with Crippen LogP contribution in [0.4, 0.5) is 0 Å². The van der Waals surface area contributed by atoms with E-state index in [9.17, 15) is 9.59 Å². The maximum Gasteiger partial charge on any atom is 0.269 e. The number of ketones is 1. The van der Waals surface area contributed by atoms with Gasteiger partial charge in [0.2, 0.25) is 0 Å². The third-order valence-corrected chi connectivity index (χ3v) is 3.10. The summed E-state index contributed by atoms with van der Waals surface area (Å²) < 4.78 is 1.52. The summed E-state index contributed by atoms with van der Waals surface area (Å²) in [4.78, 5) is 27.6. The van der Waals surface area contributed by atoms with Crippen molar-refractivity contribution in [2.75, 3.05) is 0 Å². The number of benzene rings is 1. The second-order valence-corrected chi connectivity index (χ2v) is 4.41. The van der Waals surface area contributed by atoms with Gasteiger partial charge in [0, 0.05) is 5.92 Å². The number of carbonyl (C=O) groups is 1. The molecule has 3 rings (SSSR count). The quantitative estimate of drug-likeness (QED) is 0.797. The van der Waals surface area contributed by atoms with Crippen LogP contribution in [0.3, 0.4) is 0 Å². The van der Waals surface area contributed by atoms with Gasteiger partial charge in [-0.1, -0.05) is 12.1 Å². The number of para-hydroxylation sites is 2. The van der Waals surface area contributed by atoms with Crippen LogP contribution in [-0.4, -0.2) is 15.3 Å². The van der Waals surface area contributed by atoms with Crippen molar-refractivity contribution in [3.05, 3.63) is 40.8 Å². The van der Waals surface area contributed by atoms with Crippen molar-refractivity contribution in [2.24, 2.45) is 5.92 Å². The Labute approximate surface area is 97.9 Å². The topological polar surface area (TPSA) is 52.0 Å². The van der Waals surface area contributed by atoms with E-state index >= 15 is 0 Å². The number of carbonyl (C=O) groups excluding carboxylic acids is 1. The molecule has 1 aliphatic rings. The van der Waals surface area contributed by atoms with E-state index in [4.69, 9.17) is 0 Å². The lowest BCUT2D eigenvalue weighted by Crippen LogP contribution is -2.25. The van der Waals surface area contributed by atoms with E-state index in [0.29, 0.717) is 0 Å². The molecular weight excluding hydrogens is 216 g/mol.